The van der Waals surface area contributed by atoms with Gasteiger partial charge in [0.1, 0.15) is 18.9 Å². The molecule has 162 valence electrons. The molecule has 0 aromatic rings. The zero-order valence-corrected chi connectivity index (χ0v) is 18.2. The highest BCUT2D eigenvalue weighted by Crippen LogP contribution is 2.44. The van der Waals surface area contributed by atoms with Crippen LogP contribution >= 0.6 is 22.8 Å². The highest BCUT2D eigenvalue weighted by atomic mass is 31.2. The molecule has 0 amide bonds. The second-order valence-corrected chi connectivity index (χ2v) is 12.2. The molecule has 27 heavy (non-hydrogen) atoms. The minimum absolute atomic E-state index is 0.0796. The van der Waals surface area contributed by atoms with Crippen LogP contribution in [0.5, 0.6) is 0 Å². The zero-order valence-electron chi connectivity index (χ0n) is 15.6. The average Bonchev–Trinajstić information content (AvgIpc) is 2.41. The summed E-state index contributed by atoms with van der Waals surface area (Å²) in [7, 11) is -8.25. The van der Waals surface area contributed by atoms with Gasteiger partial charge in [0.05, 0.1) is 0 Å². The third kappa shape index (κ3) is 10.1. The lowest BCUT2D eigenvalue weighted by Gasteiger charge is -2.45. The predicted octanol–water partition coefficient (Wildman–Crippen LogP) is -0.523. The van der Waals surface area contributed by atoms with E-state index in [4.69, 9.17) is 0 Å². The maximum atomic E-state index is 11.5. The Labute approximate surface area is 158 Å². The molecule has 0 bridgehead atoms. The van der Waals surface area contributed by atoms with Crippen molar-refractivity contribution in [1.29, 1.82) is 0 Å². The Morgan fingerprint density at radius 1 is 0.667 bits per heavy atom. The first-order valence-corrected chi connectivity index (χ1v) is 13.6. The summed E-state index contributed by atoms with van der Waals surface area (Å²) < 4.78 is 34.2. The Kier molecular flexibility index (Phi) is 8.86. The van der Waals surface area contributed by atoms with Crippen molar-refractivity contribution in [2.75, 3.05) is 40.0 Å². The predicted molar refractivity (Wildman–Crippen MR) is 99.2 cm³/mol. The molecule has 0 spiro atoms. The smallest absolute Gasteiger partial charge is 0.324 e. The Bertz CT molecular complexity index is 607. The van der Waals surface area contributed by atoms with E-state index >= 15 is 0 Å². The molecule has 3 atom stereocenters. The molecule has 0 heterocycles. The third-order valence-electron chi connectivity index (χ3n) is 4.64. The summed E-state index contributed by atoms with van der Waals surface area (Å²) in [5.41, 5.74) is 0. The minimum Gasteiger partial charge on any atom is -0.324 e. The molecule has 3 unspecified atom stereocenters. The Morgan fingerprint density at radius 2 is 1.04 bits per heavy atom. The van der Waals surface area contributed by atoms with Gasteiger partial charge in [-0.2, -0.15) is 0 Å². The van der Waals surface area contributed by atoms with E-state index < -0.39 is 47.7 Å². The van der Waals surface area contributed by atoms with Gasteiger partial charge in [0.15, 0.2) is 0 Å². The SMILES string of the molecule is CN(C)C1CC(N(C)CP(=O)(O)O)CC(N(CP(=O)(O)O)CP(=O)(O)O)C1. The van der Waals surface area contributed by atoms with Gasteiger partial charge in [-0.25, -0.2) is 0 Å². The number of rotatable bonds is 9. The standard InChI is InChI=1S/C12H30N3O9P3/c1-13(2)10-4-11(14(3)7-25(16,17)18)6-12(5-10)15(8-26(19,20)21)9-27(22,23)24/h10-12H,4-9H2,1-3H3,(H2,16,17,18)(H2,19,20,21)(H2,22,23,24). The fourth-order valence-electron chi connectivity index (χ4n) is 3.47. The molecule has 1 saturated carbocycles. The van der Waals surface area contributed by atoms with Crippen LogP contribution in [0.3, 0.4) is 0 Å². The van der Waals surface area contributed by atoms with Crippen molar-refractivity contribution in [2.45, 2.75) is 37.4 Å². The van der Waals surface area contributed by atoms with E-state index in [2.05, 4.69) is 0 Å². The topological polar surface area (TPSA) is 182 Å². The van der Waals surface area contributed by atoms with E-state index in [9.17, 15) is 43.1 Å². The lowest BCUT2D eigenvalue weighted by atomic mass is 9.85. The van der Waals surface area contributed by atoms with Crippen molar-refractivity contribution in [3.05, 3.63) is 0 Å². The molecule has 0 aliphatic heterocycles. The van der Waals surface area contributed by atoms with Gasteiger partial charge in [-0.1, -0.05) is 0 Å². The van der Waals surface area contributed by atoms with Crippen molar-refractivity contribution in [1.82, 2.24) is 14.7 Å². The van der Waals surface area contributed by atoms with E-state index in [-0.39, 0.29) is 18.5 Å². The van der Waals surface area contributed by atoms with E-state index in [0.717, 1.165) is 4.90 Å². The summed E-state index contributed by atoms with van der Waals surface area (Å²) in [4.78, 5) is 60.2. The highest BCUT2D eigenvalue weighted by Gasteiger charge is 2.39. The van der Waals surface area contributed by atoms with Gasteiger partial charge in [-0.3, -0.25) is 23.5 Å². The molecular formula is C12H30N3O9P3. The molecule has 0 saturated heterocycles. The van der Waals surface area contributed by atoms with Crippen molar-refractivity contribution in [3.8, 4) is 0 Å². The van der Waals surface area contributed by atoms with Gasteiger partial charge in [0.25, 0.3) is 0 Å². The fourth-order valence-corrected chi connectivity index (χ4v) is 6.04. The molecule has 0 aromatic carbocycles. The van der Waals surface area contributed by atoms with Crippen LogP contribution < -0.4 is 0 Å². The van der Waals surface area contributed by atoms with Gasteiger partial charge in [0, 0.05) is 18.1 Å². The molecule has 1 rings (SSSR count). The molecule has 1 aliphatic rings. The summed E-state index contributed by atoms with van der Waals surface area (Å²) in [5.74, 6) is 0. The first kappa shape index (κ1) is 25.4. The third-order valence-corrected chi connectivity index (χ3v) is 6.92. The molecule has 1 aliphatic carbocycles. The van der Waals surface area contributed by atoms with E-state index in [1.54, 1.807) is 7.05 Å². The lowest BCUT2D eigenvalue weighted by Crippen LogP contribution is -2.52. The number of nitrogens with zero attached hydrogens (tertiary/aromatic N) is 3. The Balaban J connectivity index is 3.09. The molecule has 15 heteroatoms. The zero-order chi connectivity index (χ0) is 21.2. The molecule has 1 fully saturated rings. The highest BCUT2D eigenvalue weighted by molar-refractivity contribution is 7.52. The van der Waals surface area contributed by atoms with Gasteiger partial charge in [-0.05, 0) is 40.4 Å². The second-order valence-electron chi connectivity index (χ2n) is 7.40. The van der Waals surface area contributed by atoms with E-state index in [1.165, 1.54) is 4.90 Å². The van der Waals surface area contributed by atoms with Crippen molar-refractivity contribution in [3.63, 3.8) is 0 Å². The molecule has 6 N–H and O–H groups in total. The molecular weight excluding hydrogens is 423 g/mol. The van der Waals surface area contributed by atoms with Crippen LogP contribution in [0.1, 0.15) is 19.3 Å². The van der Waals surface area contributed by atoms with Crippen molar-refractivity contribution in [2.24, 2.45) is 0 Å². The first-order chi connectivity index (χ1) is 12.0. The van der Waals surface area contributed by atoms with Crippen molar-refractivity contribution < 1.29 is 43.1 Å². The normalized spacial score (nSPS) is 25.6. The van der Waals surface area contributed by atoms with Gasteiger partial charge >= 0.3 is 22.8 Å². The summed E-state index contributed by atoms with van der Waals surface area (Å²) in [5, 5.41) is 0. The summed E-state index contributed by atoms with van der Waals surface area (Å²) in [6, 6.07) is -0.959. The van der Waals surface area contributed by atoms with Gasteiger partial charge in [0.2, 0.25) is 0 Å². The quantitative estimate of drug-likeness (QED) is 0.246. The largest absolute Gasteiger partial charge is 0.339 e. The van der Waals surface area contributed by atoms with Crippen LogP contribution in [0.2, 0.25) is 0 Å². The monoisotopic (exact) mass is 453 g/mol. The van der Waals surface area contributed by atoms with E-state index in [1.807, 2.05) is 19.0 Å². The van der Waals surface area contributed by atoms with Crippen LogP contribution in [0.25, 0.3) is 0 Å². The fraction of sp³-hybridized carbons (Fsp3) is 1.00. The maximum absolute atomic E-state index is 11.5. The molecule has 0 radical (unpaired) electrons. The number of hydrogen-bond acceptors (Lipinski definition) is 6. The van der Waals surface area contributed by atoms with Crippen molar-refractivity contribution >= 4 is 22.8 Å². The first-order valence-electron chi connectivity index (χ1n) is 8.21. The van der Waals surface area contributed by atoms with Crippen LogP contribution in [-0.2, 0) is 13.7 Å². The maximum Gasteiger partial charge on any atom is 0.339 e. The lowest BCUT2D eigenvalue weighted by molar-refractivity contribution is 0.0686. The second kappa shape index (κ2) is 9.43. The molecule has 12 nitrogen and oxygen atoms in total. The van der Waals surface area contributed by atoms with Crippen LogP contribution in [0, 0.1) is 0 Å². The van der Waals surface area contributed by atoms with Gasteiger partial charge in [-0.15, -0.1) is 0 Å². The van der Waals surface area contributed by atoms with Gasteiger partial charge < -0.3 is 34.3 Å². The Hall–Kier alpha value is 0.330. The summed E-state index contributed by atoms with van der Waals surface area (Å²) >= 11 is 0. The summed E-state index contributed by atoms with van der Waals surface area (Å²) in [6.45, 7) is 0. The van der Waals surface area contributed by atoms with Crippen LogP contribution in [0.15, 0.2) is 0 Å². The Morgan fingerprint density at radius 3 is 1.41 bits per heavy atom. The van der Waals surface area contributed by atoms with E-state index in [0.29, 0.717) is 12.8 Å². The summed E-state index contributed by atoms with van der Waals surface area (Å²) in [6.07, 6.45) is -0.787. The number of hydrogen-bond donors (Lipinski definition) is 6. The van der Waals surface area contributed by atoms with Crippen LogP contribution in [-0.4, -0.2) is 102 Å². The minimum atomic E-state index is -4.56. The molecule has 0 aromatic heterocycles. The van der Waals surface area contributed by atoms with Crippen LogP contribution in [0.4, 0.5) is 0 Å². The average molecular weight is 453 g/mol.